The fourth-order valence-electron chi connectivity index (χ4n) is 3.39. The summed E-state index contributed by atoms with van der Waals surface area (Å²) in [5, 5.41) is 23.2. The molecule has 2 aromatic heterocycles. The van der Waals surface area contributed by atoms with Gasteiger partial charge in [-0.25, -0.2) is 0 Å². The van der Waals surface area contributed by atoms with Crippen molar-refractivity contribution >= 4 is 28.7 Å². The largest absolute Gasteiger partial charge is 0.392 e. The zero-order chi connectivity index (χ0) is 20.6. The van der Waals surface area contributed by atoms with Crippen molar-refractivity contribution in [3.8, 4) is 12.3 Å². The van der Waals surface area contributed by atoms with E-state index in [0.717, 1.165) is 0 Å². The van der Waals surface area contributed by atoms with Gasteiger partial charge >= 0.3 is 0 Å². The number of nitrogens with zero attached hydrogens (tertiary/aromatic N) is 3. The van der Waals surface area contributed by atoms with E-state index < -0.39 is 24.5 Å². The number of rotatable bonds is 4. The van der Waals surface area contributed by atoms with E-state index in [-0.39, 0.29) is 24.1 Å². The molecule has 4 rings (SSSR count). The molecule has 1 aliphatic rings. The molecule has 29 heavy (non-hydrogen) atoms. The van der Waals surface area contributed by atoms with E-state index in [1.807, 2.05) is 6.07 Å². The van der Waals surface area contributed by atoms with Crippen molar-refractivity contribution < 1.29 is 19.7 Å². The first-order valence-corrected chi connectivity index (χ1v) is 8.92. The van der Waals surface area contributed by atoms with Crippen LogP contribution in [-0.4, -0.2) is 49.0 Å². The number of nitrogens with one attached hydrogen (secondary N) is 1. The fourth-order valence-corrected chi connectivity index (χ4v) is 3.39. The van der Waals surface area contributed by atoms with Gasteiger partial charge in [-0.2, -0.15) is 9.97 Å². The number of hydrogen-bond acceptors (Lipinski definition) is 7. The van der Waals surface area contributed by atoms with E-state index in [4.69, 9.17) is 16.9 Å². The van der Waals surface area contributed by atoms with Crippen molar-refractivity contribution in [2.45, 2.75) is 24.4 Å². The van der Waals surface area contributed by atoms with Gasteiger partial charge in [-0.3, -0.25) is 4.79 Å². The smallest absolute Gasteiger partial charge is 0.256 e. The number of amides is 1. The van der Waals surface area contributed by atoms with E-state index >= 15 is 0 Å². The Kier molecular flexibility index (Phi) is 4.68. The van der Waals surface area contributed by atoms with Crippen molar-refractivity contribution in [2.24, 2.45) is 0 Å². The minimum absolute atomic E-state index is 0.0373. The molecule has 1 fully saturated rings. The van der Waals surface area contributed by atoms with Crippen LogP contribution in [0.2, 0.25) is 0 Å². The lowest BCUT2D eigenvalue weighted by Crippen LogP contribution is -2.41. The van der Waals surface area contributed by atoms with Gasteiger partial charge in [0.1, 0.15) is 23.8 Å². The molecular formula is C20H19N5O4. The summed E-state index contributed by atoms with van der Waals surface area (Å²) in [7, 11) is 0. The molecular weight excluding hydrogens is 374 g/mol. The second-order valence-electron chi connectivity index (χ2n) is 6.73. The highest BCUT2D eigenvalue weighted by atomic mass is 16.6. The Morgan fingerprint density at radius 2 is 2.14 bits per heavy atom. The maximum Gasteiger partial charge on any atom is 0.256 e. The number of carbonyl (C=O) groups is 1. The van der Waals surface area contributed by atoms with Crippen LogP contribution >= 0.6 is 0 Å². The third kappa shape index (κ3) is 3.19. The van der Waals surface area contributed by atoms with Crippen LogP contribution < -0.4 is 11.1 Å². The Hall–Kier alpha value is -3.45. The molecule has 0 unspecified atom stereocenters. The van der Waals surface area contributed by atoms with Crippen molar-refractivity contribution in [1.82, 2.24) is 14.5 Å². The number of ether oxygens (including phenoxy) is 1. The number of terminal acetylenes is 1. The molecule has 148 valence electrons. The highest BCUT2D eigenvalue weighted by Crippen LogP contribution is 2.38. The Bertz CT molecular complexity index is 1110. The van der Waals surface area contributed by atoms with Gasteiger partial charge in [-0.1, -0.05) is 24.1 Å². The highest BCUT2D eigenvalue weighted by molar-refractivity contribution is 6.07. The summed E-state index contributed by atoms with van der Waals surface area (Å²) in [6.07, 6.45) is 5.58. The van der Waals surface area contributed by atoms with E-state index in [1.54, 1.807) is 41.1 Å². The average molecular weight is 393 g/mol. The number of benzene rings is 1. The van der Waals surface area contributed by atoms with Crippen LogP contribution in [0.5, 0.6) is 0 Å². The Labute approximate surface area is 166 Å². The van der Waals surface area contributed by atoms with Crippen LogP contribution in [0.15, 0.2) is 42.6 Å². The lowest BCUT2D eigenvalue weighted by molar-refractivity contribution is -0.0890. The molecule has 3 atom stereocenters. The van der Waals surface area contributed by atoms with Crippen molar-refractivity contribution in [2.75, 3.05) is 17.7 Å². The molecule has 3 aromatic rings. The van der Waals surface area contributed by atoms with Crippen LogP contribution in [-0.2, 0) is 4.74 Å². The van der Waals surface area contributed by atoms with Crippen molar-refractivity contribution in [1.29, 1.82) is 0 Å². The monoisotopic (exact) mass is 393 g/mol. The maximum atomic E-state index is 12.5. The second-order valence-corrected chi connectivity index (χ2v) is 6.73. The molecule has 1 aliphatic heterocycles. The normalized spacial score (nSPS) is 23.8. The summed E-state index contributed by atoms with van der Waals surface area (Å²) in [4.78, 5) is 20.9. The van der Waals surface area contributed by atoms with Gasteiger partial charge in [-0.15, -0.1) is 6.42 Å². The first-order chi connectivity index (χ1) is 14.0. The average Bonchev–Trinajstić information content (AvgIpc) is 3.29. The summed E-state index contributed by atoms with van der Waals surface area (Å²) < 4.78 is 7.42. The summed E-state index contributed by atoms with van der Waals surface area (Å²) in [6.45, 7) is -0.518. The van der Waals surface area contributed by atoms with Crippen LogP contribution in [0, 0.1) is 12.3 Å². The molecule has 0 radical (unpaired) electrons. The van der Waals surface area contributed by atoms with Gasteiger partial charge in [0.2, 0.25) is 5.95 Å². The summed E-state index contributed by atoms with van der Waals surface area (Å²) in [5.74, 6) is 2.21. The predicted octanol–water partition coefficient (Wildman–Crippen LogP) is 0.910. The summed E-state index contributed by atoms with van der Waals surface area (Å²) in [6, 6.07) is 10.4. The standard InChI is InChI=1S/C20H19N5O4/c1-2-20(11-26)14(27)10-15(29-20)25-9-8-13-16(23-19(21)24-17(13)25)22-18(28)12-6-4-3-5-7-12/h1,3-9,14-15,26-27H,10-11H2,(H3,21,22,23,24,28)/t14-,15+,20+/m0/s1. The number of carbonyl (C=O) groups excluding carboxylic acids is 1. The molecule has 3 heterocycles. The van der Waals surface area contributed by atoms with E-state index in [2.05, 4.69) is 21.2 Å². The lowest BCUT2D eigenvalue weighted by atomic mass is 9.99. The quantitative estimate of drug-likeness (QED) is 0.484. The Morgan fingerprint density at radius 3 is 2.79 bits per heavy atom. The molecule has 5 N–H and O–H groups in total. The third-order valence-corrected chi connectivity index (χ3v) is 4.96. The molecule has 1 saturated heterocycles. The first kappa shape index (κ1) is 18.9. The molecule has 1 amide bonds. The SMILES string of the molecule is C#C[C@]1(CO)O[C@@H](n2ccc3c(NC(=O)c4ccccc4)nc(N)nc32)C[C@@H]1O. The molecule has 9 nitrogen and oxygen atoms in total. The lowest BCUT2D eigenvalue weighted by Gasteiger charge is -2.24. The number of nitrogen functional groups attached to an aromatic ring is 1. The van der Waals surface area contributed by atoms with E-state index in [0.29, 0.717) is 16.6 Å². The van der Waals surface area contributed by atoms with Crippen molar-refractivity contribution in [3.05, 3.63) is 48.2 Å². The van der Waals surface area contributed by atoms with E-state index in [9.17, 15) is 15.0 Å². The first-order valence-electron chi connectivity index (χ1n) is 8.92. The van der Waals surface area contributed by atoms with Crippen LogP contribution in [0.3, 0.4) is 0 Å². The summed E-state index contributed by atoms with van der Waals surface area (Å²) in [5.41, 5.74) is 5.25. The topological polar surface area (TPSA) is 136 Å². The zero-order valence-electron chi connectivity index (χ0n) is 15.3. The number of aliphatic hydroxyl groups excluding tert-OH is 2. The molecule has 1 aromatic carbocycles. The van der Waals surface area contributed by atoms with Gasteiger partial charge in [0.25, 0.3) is 5.91 Å². The van der Waals surface area contributed by atoms with Crippen molar-refractivity contribution in [3.63, 3.8) is 0 Å². The minimum atomic E-state index is -1.48. The Balaban J connectivity index is 1.70. The number of aromatic nitrogens is 3. The van der Waals surface area contributed by atoms with E-state index in [1.165, 1.54) is 0 Å². The van der Waals surface area contributed by atoms with Gasteiger partial charge in [0.05, 0.1) is 12.0 Å². The van der Waals surface area contributed by atoms with Crippen LogP contribution in [0.1, 0.15) is 23.0 Å². The second kappa shape index (κ2) is 7.18. The Morgan fingerprint density at radius 1 is 1.38 bits per heavy atom. The summed E-state index contributed by atoms with van der Waals surface area (Å²) >= 11 is 0. The predicted molar refractivity (Wildman–Crippen MR) is 106 cm³/mol. The van der Waals surface area contributed by atoms with Crippen LogP contribution in [0.4, 0.5) is 11.8 Å². The number of fused-ring (bicyclic) bond motifs is 1. The molecule has 0 aliphatic carbocycles. The zero-order valence-corrected chi connectivity index (χ0v) is 15.3. The number of hydrogen-bond donors (Lipinski definition) is 4. The number of aliphatic hydroxyl groups is 2. The maximum absolute atomic E-state index is 12.5. The molecule has 0 bridgehead atoms. The van der Waals surface area contributed by atoms with Gasteiger partial charge in [0.15, 0.2) is 5.60 Å². The van der Waals surface area contributed by atoms with Gasteiger partial charge < -0.3 is 30.6 Å². The highest BCUT2D eigenvalue weighted by Gasteiger charge is 2.47. The van der Waals surface area contributed by atoms with Gasteiger partial charge in [-0.05, 0) is 18.2 Å². The third-order valence-electron chi connectivity index (χ3n) is 4.96. The number of nitrogens with two attached hydrogens (primary N) is 1. The fraction of sp³-hybridized carbons (Fsp3) is 0.250. The minimum Gasteiger partial charge on any atom is -0.392 e. The number of anilines is 2. The molecule has 0 saturated carbocycles. The molecule has 9 heteroatoms. The van der Waals surface area contributed by atoms with Gasteiger partial charge in [0, 0.05) is 18.2 Å². The van der Waals surface area contributed by atoms with Crippen LogP contribution in [0.25, 0.3) is 11.0 Å². The molecule has 0 spiro atoms.